The van der Waals surface area contributed by atoms with Crippen molar-refractivity contribution in [2.24, 2.45) is 17.8 Å². The molecule has 0 aliphatic heterocycles. The lowest BCUT2D eigenvalue weighted by molar-refractivity contribution is -0.124. The number of hydrogen-bond acceptors (Lipinski definition) is 6. The molecule has 1 aromatic carbocycles. The summed E-state index contributed by atoms with van der Waals surface area (Å²) in [6, 6.07) is 11.9. The third-order valence-electron chi connectivity index (χ3n) is 7.50. The van der Waals surface area contributed by atoms with E-state index in [4.69, 9.17) is 0 Å². The van der Waals surface area contributed by atoms with Crippen LogP contribution in [0.2, 0.25) is 0 Å². The highest BCUT2D eigenvalue weighted by atomic mass is 32.1. The van der Waals surface area contributed by atoms with E-state index in [1.54, 1.807) is 30.5 Å². The van der Waals surface area contributed by atoms with Crippen molar-refractivity contribution in [3.8, 4) is 11.4 Å². The number of rotatable bonds is 7. The van der Waals surface area contributed by atoms with Gasteiger partial charge in [0.15, 0.2) is 5.13 Å². The molecular formula is C29H33N5O3S. The normalized spacial score (nSPS) is 24.3. The van der Waals surface area contributed by atoms with Gasteiger partial charge >= 0.3 is 0 Å². The van der Waals surface area contributed by atoms with Gasteiger partial charge in [0, 0.05) is 28.2 Å². The number of thiazole rings is 1. The molecule has 2 heterocycles. The first-order valence-electron chi connectivity index (χ1n) is 13.2. The zero-order chi connectivity index (χ0) is 26.7. The number of aromatic nitrogens is 2. The molecule has 2 aliphatic rings. The highest BCUT2D eigenvalue weighted by Crippen LogP contribution is 2.47. The molecule has 3 aromatic rings. The van der Waals surface area contributed by atoms with Gasteiger partial charge in [0.05, 0.1) is 12.2 Å². The van der Waals surface area contributed by atoms with Crippen LogP contribution in [0.5, 0.6) is 0 Å². The highest BCUT2D eigenvalue weighted by Gasteiger charge is 2.44. The fraction of sp³-hybridized carbons (Fsp3) is 0.414. The quantitative estimate of drug-likeness (QED) is 0.401. The minimum Gasteiger partial charge on any atom is -0.349 e. The monoisotopic (exact) mass is 531 g/mol. The molecule has 2 fully saturated rings. The number of nitrogens with zero attached hydrogens (tertiary/aromatic N) is 2. The Morgan fingerprint density at radius 2 is 1.61 bits per heavy atom. The van der Waals surface area contributed by atoms with E-state index in [0.29, 0.717) is 39.7 Å². The molecule has 2 aliphatic carbocycles. The lowest BCUT2D eigenvalue weighted by Crippen LogP contribution is -2.57. The van der Waals surface area contributed by atoms with Gasteiger partial charge in [-0.05, 0) is 86.3 Å². The van der Waals surface area contributed by atoms with Gasteiger partial charge in [0.25, 0.3) is 11.8 Å². The molecule has 9 heteroatoms. The molecule has 2 unspecified atom stereocenters. The van der Waals surface area contributed by atoms with Crippen LogP contribution in [0.3, 0.4) is 0 Å². The molecule has 3 N–H and O–H groups in total. The van der Waals surface area contributed by atoms with Gasteiger partial charge in [-0.3, -0.25) is 24.7 Å². The SMILES string of the molecule is CC1CC2CC(C)CC(NC(=O)CNC(=O)c3ccc(C(=O)Nc4nc(-c5ccccn5)cs4)cc3)(C1)C2. The fourth-order valence-corrected chi connectivity index (χ4v) is 7.06. The van der Waals surface area contributed by atoms with E-state index in [1.807, 2.05) is 23.6 Å². The summed E-state index contributed by atoms with van der Waals surface area (Å²) in [5.74, 6) is 1.06. The smallest absolute Gasteiger partial charge is 0.257 e. The minimum absolute atomic E-state index is 0.0705. The van der Waals surface area contributed by atoms with Crippen LogP contribution in [-0.2, 0) is 4.79 Å². The summed E-state index contributed by atoms with van der Waals surface area (Å²) in [4.78, 5) is 46.8. The maximum absolute atomic E-state index is 12.8. The Morgan fingerprint density at radius 1 is 0.921 bits per heavy atom. The molecular weight excluding hydrogens is 498 g/mol. The topological polar surface area (TPSA) is 113 Å². The molecule has 5 rings (SSSR count). The van der Waals surface area contributed by atoms with Crippen LogP contribution < -0.4 is 16.0 Å². The molecule has 2 bridgehead atoms. The van der Waals surface area contributed by atoms with Crippen molar-refractivity contribution in [2.45, 2.75) is 51.5 Å². The van der Waals surface area contributed by atoms with Crippen LogP contribution in [0.15, 0.2) is 54.0 Å². The zero-order valence-electron chi connectivity index (χ0n) is 21.7. The summed E-state index contributed by atoms with van der Waals surface area (Å²) in [7, 11) is 0. The number of nitrogens with one attached hydrogen (secondary N) is 3. The second-order valence-electron chi connectivity index (χ2n) is 11.0. The lowest BCUT2D eigenvalue weighted by atomic mass is 9.61. The van der Waals surface area contributed by atoms with Crippen LogP contribution >= 0.6 is 11.3 Å². The Morgan fingerprint density at radius 3 is 2.26 bits per heavy atom. The van der Waals surface area contributed by atoms with E-state index in [9.17, 15) is 14.4 Å². The number of hydrogen-bond donors (Lipinski definition) is 3. The van der Waals surface area contributed by atoms with Gasteiger partial charge in [-0.15, -0.1) is 11.3 Å². The fourth-order valence-electron chi connectivity index (χ4n) is 6.37. The largest absolute Gasteiger partial charge is 0.349 e. The number of pyridine rings is 1. The third-order valence-corrected chi connectivity index (χ3v) is 8.26. The summed E-state index contributed by atoms with van der Waals surface area (Å²) in [5, 5.41) is 11.1. The van der Waals surface area contributed by atoms with Crippen LogP contribution in [-0.4, -0.2) is 39.8 Å². The molecule has 3 amide bonds. The number of carbonyl (C=O) groups excluding carboxylic acids is 3. The Labute approximate surface area is 226 Å². The lowest BCUT2D eigenvalue weighted by Gasteiger charge is -2.50. The molecule has 38 heavy (non-hydrogen) atoms. The first-order valence-corrected chi connectivity index (χ1v) is 14.0. The number of benzene rings is 1. The molecule has 8 nitrogen and oxygen atoms in total. The van der Waals surface area contributed by atoms with Gasteiger partial charge in [0.2, 0.25) is 5.91 Å². The Balaban J connectivity index is 1.13. The van der Waals surface area contributed by atoms with Gasteiger partial charge in [-0.2, -0.15) is 0 Å². The molecule has 0 spiro atoms. The van der Waals surface area contributed by atoms with E-state index in [0.717, 1.165) is 25.0 Å². The van der Waals surface area contributed by atoms with Crippen molar-refractivity contribution in [3.63, 3.8) is 0 Å². The Bertz CT molecular complexity index is 1290. The molecule has 198 valence electrons. The van der Waals surface area contributed by atoms with E-state index < -0.39 is 0 Å². The van der Waals surface area contributed by atoms with Crippen molar-refractivity contribution < 1.29 is 14.4 Å². The highest BCUT2D eigenvalue weighted by molar-refractivity contribution is 7.14. The van der Waals surface area contributed by atoms with Crippen molar-refractivity contribution in [2.75, 3.05) is 11.9 Å². The first-order chi connectivity index (χ1) is 18.3. The molecule has 2 saturated carbocycles. The first kappa shape index (κ1) is 26.0. The van der Waals surface area contributed by atoms with Crippen molar-refractivity contribution in [1.29, 1.82) is 0 Å². The van der Waals surface area contributed by atoms with Crippen molar-refractivity contribution in [1.82, 2.24) is 20.6 Å². The van der Waals surface area contributed by atoms with Crippen LogP contribution in [0.25, 0.3) is 11.4 Å². The van der Waals surface area contributed by atoms with Crippen LogP contribution in [0.1, 0.15) is 66.7 Å². The Kier molecular flexibility index (Phi) is 7.56. The second kappa shape index (κ2) is 11.0. The van der Waals surface area contributed by atoms with Gasteiger partial charge in [-0.25, -0.2) is 4.98 Å². The molecule has 2 atom stereocenters. The maximum Gasteiger partial charge on any atom is 0.257 e. The summed E-state index contributed by atoms with van der Waals surface area (Å²) < 4.78 is 0. The molecule has 2 aromatic heterocycles. The zero-order valence-corrected chi connectivity index (χ0v) is 22.5. The predicted octanol–water partition coefficient (Wildman–Crippen LogP) is 4.91. The van der Waals surface area contributed by atoms with Crippen molar-refractivity contribution >= 4 is 34.2 Å². The van der Waals surface area contributed by atoms with E-state index in [-0.39, 0.29) is 29.8 Å². The second-order valence-corrected chi connectivity index (χ2v) is 11.8. The van der Waals surface area contributed by atoms with E-state index in [1.165, 1.54) is 24.2 Å². The average molecular weight is 532 g/mol. The maximum atomic E-state index is 12.8. The third kappa shape index (κ3) is 6.10. The predicted molar refractivity (Wildman–Crippen MR) is 148 cm³/mol. The van der Waals surface area contributed by atoms with Gasteiger partial charge in [-0.1, -0.05) is 19.9 Å². The number of amides is 3. The van der Waals surface area contributed by atoms with Crippen molar-refractivity contribution in [3.05, 3.63) is 65.2 Å². The van der Waals surface area contributed by atoms with E-state index in [2.05, 4.69) is 39.8 Å². The van der Waals surface area contributed by atoms with Crippen LogP contribution in [0.4, 0.5) is 5.13 Å². The minimum atomic E-state index is -0.351. The van der Waals surface area contributed by atoms with E-state index >= 15 is 0 Å². The van der Waals surface area contributed by atoms with Crippen LogP contribution in [0, 0.1) is 17.8 Å². The summed E-state index contributed by atoms with van der Waals surface area (Å²) in [5.41, 5.74) is 2.07. The number of anilines is 1. The molecule has 0 saturated heterocycles. The molecule has 0 radical (unpaired) electrons. The summed E-state index contributed by atoms with van der Waals surface area (Å²) in [6.07, 6.45) is 7.21. The average Bonchev–Trinajstić information content (AvgIpc) is 3.35. The standard InChI is InChI=1S/C29H33N5O3S/c1-18-11-20-12-19(2)14-29(13-18,15-20)34-25(35)16-31-26(36)21-6-8-22(9-7-21)27(37)33-28-32-24(17-38-28)23-5-3-4-10-30-23/h3-10,17-20H,11-16H2,1-2H3,(H,31,36)(H,34,35)(H,32,33,37). The summed E-state index contributed by atoms with van der Waals surface area (Å²) >= 11 is 1.32. The number of carbonyl (C=O) groups is 3. The Hall–Kier alpha value is -3.59. The van der Waals surface area contributed by atoms with Gasteiger partial charge < -0.3 is 10.6 Å². The van der Waals surface area contributed by atoms with Gasteiger partial charge in [0.1, 0.15) is 5.69 Å². The summed E-state index contributed by atoms with van der Waals surface area (Å²) in [6.45, 7) is 4.47. The number of fused-ring (bicyclic) bond motifs is 2.